The Morgan fingerprint density at radius 2 is 1.31 bits per heavy atom. The van der Waals surface area contributed by atoms with Crippen LogP contribution >= 0.6 is 23.2 Å². The Labute approximate surface area is 213 Å². The van der Waals surface area contributed by atoms with E-state index in [0.29, 0.717) is 15.6 Å². The highest BCUT2D eigenvalue weighted by Crippen LogP contribution is 2.25. The Bertz CT molecular complexity index is 1140. The molecule has 0 aliphatic carbocycles. The fraction of sp³-hybridized carbons (Fsp3) is 0.192. The molecule has 0 bridgehead atoms. The van der Waals surface area contributed by atoms with E-state index in [4.69, 9.17) is 27.9 Å². The van der Waals surface area contributed by atoms with Gasteiger partial charge in [0, 0.05) is 22.9 Å². The molecule has 0 heterocycles. The lowest BCUT2D eigenvalue weighted by molar-refractivity contribution is -0.142. The molecule has 0 unspecified atom stereocenters. The Kier molecular flexibility index (Phi) is 9.52. The molecule has 9 heteroatoms. The number of rotatable bonds is 10. The van der Waals surface area contributed by atoms with Gasteiger partial charge in [-0.3, -0.25) is 4.79 Å². The quantitative estimate of drug-likeness (QED) is 0.365. The molecular formula is C26H24Cl2N2O5. The van der Waals surface area contributed by atoms with Gasteiger partial charge in [0.05, 0.1) is 0 Å². The monoisotopic (exact) mass is 514 g/mol. The summed E-state index contributed by atoms with van der Waals surface area (Å²) in [6.07, 6.45) is -0.798. The molecule has 0 radical (unpaired) electrons. The number of hydrogen-bond acceptors (Lipinski definition) is 4. The Morgan fingerprint density at radius 1 is 0.743 bits per heavy atom. The first-order chi connectivity index (χ1) is 16.8. The Hall–Kier alpha value is -3.55. The molecule has 3 N–H and O–H groups in total. The lowest BCUT2D eigenvalue weighted by atomic mass is 10.0. The van der Waals surface area contributed by atoms with Crippen molar-refractivity contribution in [1.82, 2.24) is 10.6 Å². The van der Waals surface area contributed by atoms with Crippen molar-refractivity contribution in [2.45, 2.75) is 31.5 Å². The first-order valence-corrected chi connectivity index (χ1v) is 11.6. The molecule has 35 heavy (non-hydrogen) atoms. The molecule has 0 aromatic heterocycles. The van der Waals surface area contributed by atoms with Gasteiger partial charge in [-0.05, 0) is 28.8 Å². The molecular weight excluding hydrogens is 491 g/mol. The standard InChI is InChI=1S/C26H24Cl2N2O5/c27-20-12-7-13-21(28)19(20)15-23(25(32)33)29-24(31)22(14-17-8-3-1-4-9-17)30-26(34)35-16-18-10-5-2-6-11-18/h1-13,22-23H,14-16H2,(H,29,31)(H,30,34)(H,32,33)/t22-,23-/m1/s1. The zero-order chi connectivity index (χ0) is 25.2. The molecule has 3 aromatic rings. The van der Waals surface area contributed by atoms with E-state index in [-0.39, 0.29) is 19.4 Å². The van der Waals surface area contributed by atoms with E-state index in [1.165, 1.54) is 0 Å². The average Bonchev–Trinajstić information content (AvgIpc) is 2.85. The third kappa shape index (κ3) is 8.02. The second-order valence-electron chi connectivity index (χ2n) is 7.75. The molecule has 0 fully saturated rings. The van der Waals surface area contributed by atoms with Crippen molar-refractivity contribution in [2.75, 3.05) is 0 Å². The molecule has 3 aromatic carbocycles. The van der Waals surface area contributed by atoms with Gasteiger partial charge in [0.15, 0.2) is 0 Å². The van der Waals surface area contributed by atoms with Crippen molar-refractivity contribution in [3.8, 4) is 0 Å². The van der Waals surface area contributed by atoms with Crippen LogP contribution in [0.1, 0.15) is 16.7 Å². The number of benzene rings is 3. The maximum atomic E-state index is 13.1. The maximum Gasteiger partial charge on any atom is 0.408 e. The number of aliphatic carboxylic acids is 1. The summed E-state index contributed by atoms with van der Waals surface area (Å²) in [5, 5.41) is 15.3. The lowest BCUT2D eigenvalue weighted by Gasteiger charge is -2.22. The summed E-state index contributed by atoms with van der Waals surface area (Å²) in [6.45, 7) is 0.0229. The third-order valence-corrected chi connectivity index (χ3v) is 5.90. The van der Waals surface area contributed by atoms with Gasteiger partial charge in [0.2, 0.25) is 5.91 Å². The number of nitrogens with one attached hydrogen (secondary N) is 2. The summed E-state index contributed by atoms with van der Waals surface area (Å²) in [6, 6.07) is 20.6. The SMILES string of the molecule is O=C(N[C@H](Cc1ccccc1)C(=O)N[C@H](Cc1c(Cl)cccc1Cl)C(=O)O)OCc1ccccc1. The number of alkyl carbamates (subject to hydrolysis) is 1. The zero-order valence-corrected chi connectivity index (χ0v) is 20.1. The van der Waals surface area contributed by atoms with Gasteiger partial charge >= 0.3 is 12.1 Å². The van der Waals surface area contributed by atoms with Crippen LogP contribution in [-0.2, 0) is 33.8 Å². The number of carboxylic acids is 1. The number of ether oxygens (including phenoxy) is 1. The molecule has 7 nitrogen and oxygen atoms in total. The van der Waals surface area contributed by atoms with Gasteiger partial charge in [-0.25, -0.2) is 9.59 Å². The van der Waals surface area contributed by atoms with E-state index < -0.39 is 30.1 Å². The minimum Gasteiger partial charge on any atom is -0.480 e. The van der Waals surface area contributed by atoms with Crippen LogP contribution in [0.25, 0.3) is 0 Å². The van der Waals surface area contributed by atoms with E-state index in [2.05, 4.69) is 10.6 Å². The van der Waals surface area contributed by atoms with Crippen LogP contribution in [0.2, 0.25) is 10.0 Å². The van der Waals surface area contributed by atoms with E-state index in [1.807, 2.05) is 24.3 Å². The molecule has 0 spiro atoms. The van der Waals surface area contributed by atoms with Crippen molar-refractivity contribution < 1.29 is 24.2 Å². The Morgan fingerprint density at radius 3 is 1.89 bits per heavy atom. The summed E-state index contributed by atoms with van der Waals surface area (Å²) in [5.74, 6) is -1.94. The van der Waals surface area contributed by atoms with E-state index in [9.17, 15) is 19.5 Å². The van der Waals surface area contributed by atoms with Crippen molar-refractivity contribution >= 4 is 41.2 Å². The van der Waals surface area contributed by atoms with Gasteiger partial charge in [0.25, 0.3) is 0 Å². The fourth-order valence-electron chi connectivity index (χ4n) is 3.37. The van der Waals surface area contributed by atoms with Crippen LogP contribution in [0, 0.1) is 0 Å². The normalized spacial score (nSPS) is 12.3. The highest BCUT2D eigenvalue weighted by Gasteiger charge is 2.28. The number of carbonyl (C=O) groups excluding carboxylic acids is 2. The van der Waals surface area contributed by atoms with Crippen molar-refractivity contribution in [3.05, 3.63) is 106 Å². The molecule has 0 aliphatic heterocycles. The zero-order valence-electron chi connectivity index (χ0n) is 18.6. The number of halogens is 2. The van der Waals surface area contributed by atoms with Crippen LogP contribution < -0.4 is 10.6 Å². The molecule has 0 saturated heterocycles. The number of amides is 2. The van der Waals surface area contributed by atoms with Crippen LogP contribution in [0.3, 0.4) is 0 Å². The minimum absolute atomic E-state index is 0.0229. The van der Waals surface area contributed by atoms with Crippen LogP contribution in [0.4, 0.5) is 4.79 Å². The highest BCUT2D eigenvalue weighted by molar-refractivity contribution is 6.36. The molecule has 2 amide bonds. The predicted octanol–water partition coefficient (Wildman–Crippen LogP) is 4.64. The average molecular weight is 515 g/mol. The molecule has 3 rings (SSSR count). The minimum atomic E-state index is -1.32. The van der Waals surface area contributed by atoms with Crippen molar-refractivity contribution in [3.63, 3.8) is 0 Å². The van der Waals surface area contributed by atoms with Crippen molar-refractivity contribution in [2.24, 2.45) is 0 Å². The van der Waals surface area contributed by atoms with Gasteiger partial charge < -0.3 is 20.5 Å². The second-order valence-corrected chi connectivity index (χ2v) is 8.57. The van der Waals surface area contributed by atoms with Gasteiger partial charge in [-0.15, -0.1) is 0 Å². The highest BCUT2D eigenvalue weighted by atomic mass is 35.5. The van der Waals surface area contributed by atoms with Gasteiger partial charge in [0.1, 0.15) is 18.7 Å². The van der Waals surface area contributed by atoms with Crippen LogP contribution in [-0.4, -0.2) is 35.2 Å². The summed E-state index contributed by atoms with van der Waals surface area (Å²) in [5.41, 5.74) is 1.96. The van der Waals surface area contributed by atoms with Crippen LogP contribution in [0.5, 0.6) is 0 Å². The summed E-state index contributed by atoms with van der Waals surface area (Å²) < 4.78 is 5.24. The number of carbonyl (C=O) groups is 3. The van der Waals surface area contributed by atoms with Crippen LogP contribution in [0.15, 0.2) is 78.9 Å². The summed E-state index contributed by atoms with van der Waals surface area (Å²) in [7, 11) is 0. The third-order valence-electron chi connectivity index (χ3n) is 5.19. The summed E-state index contributed by atoms with van der Waals surface area (Å²) >= 11 is 12.4. The topological polar surface area (TPSA) is 105 Å². The van der Waals surface area contributed by atoms with Crippen molar-refractivity contribution in [1.29, 1.82) is 0 Å². The first kappa shape index (κ1) is 26.1. The molecule has 182 valence electrons. The largest absolute Gasteiger partial charge is 0.480 e. The molecule has 2 atom stereocenters. The van der Waals surface area contributed by atoms with E-state index in [0.717, 1.165) is 11.1 Å². The Balaban J connectivity index is 1.72. The number of hydrogen-bond donors (Lipinski definition) is 3. The maximum absolute atomic E-state index is 13.1. The smallest absolute Gasteiger partial charge is 0.408 e. The van der Waals surface area contributed by atoms with Gasteiger partial charge in [-0.2, -0.15) is 0 Å². The molecule has 0 saturated carbocycles. The predicted molar refractivity (Wildman–Crippen MR) is 133 cm³/mol. The first-order valence-electron chi connectivity index (χ1n) is 10.8. The lowest BCUT2D eigenvalue weighted by Crippen LogP contribution is -2.53. The second kappa shape index (κ2) is 12.8. The summed E-state index contributed by atoms with van der Waals surface area (Å²) in [4.78, 5) is 37.5. The van der Waals surface area contributed by atoms with Gasteiger partial charge in [-0.1, -0.05) is 89.9 Å². The van der Waals surface area contributed by atoms with E-state index in [1.54, 1.807) is 54.6 Å². The fourth-order valence-corrected chi connectivity index (χ4v) is 3.92. The van der Waals surface area contributed by atoms with E-state index >= 15 is 0 Å². The molecule has 0 aliphatic rings. The number of carboxylic acid groups (broad SMARTS) is 1.